The number of aromatic nitrogens is 2. The predicted octanol–water partition coefficient (Wildman–Crippen LogP) is 4.86. The largest absolute Gasteiger partial charge is 0.476 e. The molecule has 134 valence electrons. The molecular formula is C20H20ClN3O2. The number of carbonyl (C=O) groups excluding carboxylic acids is 1. The van der Waals surface area contributed by atoms with Crippen LogP contribution < -0.4 is 10.1 Å². The minimum absolute atomic E-state index is 0.155. The lowest BCUT2D eigenvalue weighted by molar-refractivity contribution is 0.101. The van der Waals surface area contributed by atoms with Crippen LogP contribution in [0.4, 0.5) is 5.69 Å². The average molecular weight is 370 g/mol. The maximum atomic E-state index is 12.8. The highest BCUT2D eigenvalue weighted by atomic mass is 35.5. The molecule has 3 rings (SSSR count). The van der Waals surface area contributed by atoms with E-state index in [9.17, 15) is 4.79 Å². The van der Waals surface area contributed by atoms with Crippen LogP contribution in [0.2, 0.25) is 5.02 Å². The topological polar surface area (TPSA) is 64.1 Å². The first-order valence-corrected chi connectivity index (χ1v) is 8.76. The molecule has 1 aromatic heterocycles. The molecule has 5 nitrogen and oxygen atoms in total. The molecule has 1 amide bonds. The number of hydrogen-bond acceptors (Lipinski definition) is 4. The van der Waals surface area contributed by atoms with E-state index in [1.165, 1.54) is 0 Å². The summed E-state index contributed by atoms with van der Waals surface area (Å²) in [5.41, 5.74) is 5.25. The normalized spacial score (nSPS) is 10.8. The molecule has 0 saturated heterocycles. The highest BCUT2D eigenvalue weighted by Crippen LogP contribution is 2.25. The second kappa shape index (κ2) is 7.30. The summed E-state index contributed by atoms with van der Waals surface area (Å²) in [6.45, 7) is 8.14. The molecule has 0 aliphatic carbocycles. The predicted molar refractivity (Wildman–Crippen MR) is 104 cm³/mol. The zero-order valence-corrected chi connectivity index (χ0v) is 15.9. The molecule has 0 fully saturated rings. The lowest BCUT2D eigenvalue weighted by Crippen LogP contribution is -2.17. The number of anilines is 1. The lowest BCUT2D eigenvalue weighted by Gasteiger charge is -2.12. The van der Waals surface area contributed by atoms with E-state index in [1.807, 2.05) is 45.9 Å². The third-order valence-corrected chi connectivity index (χ3v) is 4.43. The Balaban J connectivity index is 2.06. The fourth-order valence-electron chi connectivity index (χ4n) is 2.59. The third-order valence-electron chi connectivity index (χ3n) is 4.19. The van der Waals surface area contributed by atoms with Gasteiger partial charge in [0.2, 0.25) is 5.88 Å². The van der Waals surface area contributed by atoms with Crippen LogP contribution >= 0.6 is 11.6 Å². The fraction of sp³-hybridized carbons (Fsp3) is 0.250. The van der Waals surface area contributed by atoms with Crippen LogP contribution in [-0.2, 0) is 0 Å². The molecule has 1 N–H and O–H groups in total. The second-order valence-electron chi connectivity index (χ2n) is 6.15. The van der Waals surface area contributed by atoms with Gasteiger partial charge in [0.1, 0.15) is 0 Å². The number of nitrogens with one attached hydrogen (secondary N) is 1. The molecule has 1 heterocycles. The first-order valence-electron chi connectivity index (χ1n) is 8.38. The molecule has 0 radical (unpaired) electrons. The Kier molecular flexibility index (Phi) is 5.09. The second-order valence-corrected chi connectivity index (χ2v) is 6.59. The van der Waals surface area contributed by atoms with Gasteiger partial charge in [0.25, 0.3) is 5.91 Å². The van der Waals surface area contributed by atoms with Crippen molar-refractivity contribution in [3.05, 3.63) is 57.7 Å². The van der Waals surface area contributed by atoms with Crippen LogP contribution in [0.3, 0.4) is 0 Å². The van der Waals surface area contributed by atoms with Crippen molar-refractivity contribution in [3.8, 4) is 5.88 Å². The van der Waals surface area contributed by atoms with Gasteiger partial charge in [-0.2, -0.15) is 0 Å². The summed E-state index contributed by atoms with van der Waals surface area (Å²) in [6, 6.07) is 9.20. The average Bonchev–Trinajstić information content (AvgIpc) is 2.59. The number of rotatable bonds is 4. The van der Waals surface area contributed by atoms with Crippen molar-refractivity contribution in [2.45, 2.75) is 27.7 Å². The van der Waals surface area contributed by atoms with Crippen molar-refractivity contribution >= 4 is 34.2 Å². The SMILES string of the molecule is CCOc1nc2cc(C)c(C)cc2nc1C(=O)Nc1cc(Cl)ccc1C. The van der Waals surface area contributed by atoms with Crippen LogP contribution in [0, 0.1) is 20.8 Å². The zero-order chi connectivity index (χ0) is 18.8. The van der Waals surface area contributed by atoms with Gasteiger partial charge in [-0.3, -0.25) is 4.79 Å². The number of halogens is 1. The number of carbonyl (C=O) groups is 1. The van der Waals surface area contributed by atoms with Crippen molar-refractivity contribution in [1.82, 2.24) is 9.97 Å². The monoisotopic (exact) mass is 369 g/mol. The molecule has 26 heavy (non-hydrogen) atoms. The Morgan fingerprint density at radius 3 is 2.35 bits per heavy atom. The quantitative estimate of drug-likeness (QED) is 0.713. The number of hydrogen-bond donors (Lipinski definition) is 1. The standard InChI is InChI=1S/C20H20ClN3O2/c1-5-26-20-18(19(25)23-15-10-14(21)7-6-11(15)2)22-16-8-12(3)13(4)9-17(16)24-20/h6-10H,5H2,1-4H3,(H,23,25). The summed E-state index contributed by atoms with van der Waals surface area (Å²) < 4.78 is 5.57. The summed E-state index contributed by atoms with van der Waals surface area (Å²) in [7, 11) is 0. The highest BCUT2D eigenvalue weighted by molar-refractivity contribution is 6.31. The summed E-state index contributed by atoms with van der Waals surface area (Å²) in [5, 5.41) is 3.40. The summed E-state index contributed by atoms with van der Waals surface area (Å²) >= 11 is 6.03. The Bertz CT molecular complexity index is 1000. The van der Waals surface area contributed by atoms with Gasteiger partial charge in [-0.1, -0.05) is 17.7 Å². The first-order chi connectivity index (χ1) is 12.4. The Morgan fingerprint density at radius 1 is 1.04 bits per heavy atom. The van der Waals surface area contributed by atoms with E-state index >= 15 is 0 Å². The summed E-state index contributed by atoms with van der Waals surface area (Å²) in [4.78, 5) is 21.8. The summed E-state index contributed by atoms with van der Waals surface area (Å²) in [5.74, 6) is -0.160. The number of ether oxygens (including phenoxy) is 1. The molecule has 0 aliphatic heterocycles. The molecule has 3 aromatic rings. The molecule has 0 saturated carbocycles. The van der Waals surface area contributed by atoms with Gasteiger partial charge >= 0.3 is 0 Å². The Labute approximate surface area is 157 Å². The van der Waals surface area contributed by atoms with Gasteiger partial charge in [-0.05, 0) is 68.7 Å². The number of benzene rings is 2. The van der Waals surface area contributed by atoms with Crippen LogP contribution in [-0.4, -0.2) is 22.5 Å². The fourth-order valence-corrected chi connectivity index (χ4v) is 2.76. The molecule has 2 aromatic carbocycles. The van der Waals surface area contributed by atoms with Gasteiger partial charge in [-0.15, -0.1) is 0 Å². The van der Waals surface area contributed by atoms with Crippen LogP contribution in [0.15, 0.2) is 30.3 Å². The van der Waals surface area contributed by atoms with Crippen molar-refractivity contribution in [2.24, 2.45) is 0 Å². The molecule has 6 heteroatoms. The maximum Gasteiger partial charge on any atom is 0.279 e. The van der Waals surface area contributed by atoms with E-state index in [1.54, 1.807) is 12.1 Å². The van der Waals surface area contributed by atoms with Crippen LogP contribution in [0.1, 0.15) is 34.1 Å². The smallest absolute Gasteiger partial charge is 0.279 e. The van der Waals surface area contributed by atoms with E-state index < -0.39 is 0 Å². The van der Waals surface area contributed by atoms with Gasteiger partial charge in [0, 0.05) is 10.7 Å². The molecular weight excluding hydrogens is 350 g/mol. The van der Waals surface area contributed by atoms with E-state index in [-0.39, 0.29) is 17.5 Å². The highest BCUT2D eigenvalue weighted by Gasteiger charge is 2.19. The zero-order valence-electron chi connectivity index (χ0n) is 15.2. The molecule has 0 spiro atoms. The number of nitrogens with zero attached hydrogens (tertiary/aromatic N) is 2. The first kappa shape index (κ1) is 18.1. The Hall–Kier alpha value is -2.66. The maximum absolute atomic E-state index is 12.8. The van der Waals surface area contributed by atoms with E-state index in [0.717, 1.165) is 16.7 Å². The van der Waals surface area contributed by atoms with E-state index in [2.05, 4.69) is 15.3 Å². The third kappa shape index (κ3) is 3.63. The minimum atomic E-state index is -0.383. The lowest BCUT2D eigenvalue weighted by atomic mass is 10.1. The number of amides is 1. The minimum Gasteiger partial charge on any atom is -0.476 e. The number of fused-ring (bicyclic) bond motifs is 1. The van der Waals surface area contributed by atoms with Crippen molar-refractivity contribution in [2.75, 3.05) is 11.9 Å². The molecule has 0 bridgehead atoms. The summed E-state index contributed by atoms with van der Waals surface area (Å²) in [6.07, 6.45) is 0. The van der Waals surface area contributed by atoms with Gasteiger partial charge < -0.3 is 10.1 Å². The van der Waals surface area contributed by atoms with Gasteiger partial charge in [0.15, 0.2) is 5.69 Å². The van der Waals surface area contributed by atoms with Crippen LogP contribution in [0.25, 0.3) is 11.0 Å². The van der Waals surface area contributed by atoms with Crippen molar-refractivity contribution in [3.63, 3.8) is 0 Å². The number of aryl methyl sites for hydroxylation is 3. The van der Waals surface area contributed by atoms with Gasteiger partial charge in [-0.25, -0.2) is 9.97 Å². The van der Waals surface area contributed by atoms with E-state index in [0.29, 0.717) is 28.4 Å². The van der Waals surface area contributed by atoms with Crippen LogP contribution in [0.5, 0.6) is 5.88 Å². The van der Waals surface area contributed by atoms with Crippen molar-refractivity contribution in [1.29, 1.82) is 0 Å². The molecule has 0 aliphatic rings. The van der Waals surface area contributed by atoms with Gasteiger partial charge in [0.05, 0.1) is 17.6 Å². The van der Waals surface area contributed by atoms with Crippen molar-refractivity contribution < 1.29 is 9.53 Å². The molecule has 0 unspecified atom stereocenters. The van der Waals surface area contributed by atoms with E-state index in [4.69, 9.17) is 16.3 Å². The molecule has 0 atom stereocenters. The Morgan fingerprint density at radius 2 is 1.69 bits per heavy atom.